The number of amides is 1. The van der Waals surface area contributed by atoms with Gasteiger partial charge in [-0.25, -0.2) is 0 Å². The molecule has 0 aliphatic carbocycles. The van der Waals surface area contributed by atoms with Crippen LogP contribution in [0.15, 0.2) is 21.7 Å². The van der Waals surface area contributed by atoms with Crippen LogP contribution in [0.2, 0.25) is 0 Å². The van der Waals surface area contributed by atoms with Crippen LogP contribution in [0.25, 0.3) is 0 Å². The van der Waals surface area contributed by atoms with Gasteiger partial charge in [-0.2, -0.15) is 0 Å². The van der Waals surface area contributed by atoms with Gasteiger partial charge in [0.1, 0.15) is 0 Å². The van der Waals surface area contributed by atoms with Crippen molar-refractivity contribution in [3.63, 3.8) is 0 Å². The second kappa shape index (κ2) is 13.8. The molecule has 1 amide bonds. The van der Waals surface area contributed by atoms with Gasteiger partial charge < -0.3 is 29.4 Å². The molecule has 2 N–H and O–H groups in total. The molecule has 8 nitrogen and oxygen atoms in total. The van der Waals surface area contributed by atoms with Crippen molar-refractivity contribution >= 4 is 35.8 Å². The maximum absolute atomic E-state index is 12.0. The molecule has 0 saturated carbocycles. The van der Waals surface area contributed by atoms with Crippen LogP contribution in [0.5, 0.6) is 0 Å². The van der Waals surface area contributed by atoms with E-state index in [1.165, 1.54) is 6.26 Å². The van der Waals surface area contributed by atoms with Gasteiger partial charge in [-0.15, -0.1) is 24.0 Å². The van der Waals surface area contributed by atoms with E-state index in [1.807, 2.05) is 6.92 Å². The molecule has 1 saturated heterocycles. The van der Waals surface area contributed by atoms with E-state index in [-0.39, 0.29) is 29.9 Å². The summed E-state index contributed by atoms with van der Waals surface area (Å²) in [6.45, 7) is 7.14. The van der Waals surface area contributed by atoms with E-state index in [0.717, 1.165) is 50.6 Å². The summed E-state index contributed by atoms with van der Waals surface area (Å²) in [5.74, 6) is 1.64. The van der Waals surface area contributed by atoms with Crippen molar-refractivity contribution in [1.82, 2.24) is 15.5 Å². The Morgan fingerprint density at radius 3 is 2.82 bits per heavy atom. The highest BCUT2D eigenvalue weighted by Crippen LogP contribution is 2.16. The summed E-state index contributed by atoms with van der Waals surface area (Å²) in [6, 6.07) is 1.78. The number of ether oxygens (including phenoxy) is 2. The van der Waals surface area contributed by atoms with Gasteiger partial charge >= 0.3 is 0 Å². The maximum atomic E-state index is 12.0. The SMILES string of the molecule is CN=C(NCCCNC(=O)c1occc1C)N1CCC(COCCOC)C1.I. The third kappa shape index (κ3) is 7.96. The molecule has 160 valence electrons. The van der Waals surface area contributed by atoms with Gasteiger partial charge in [-0.1, -0.05) is 0 Å². The summed E-state index contributed by atoms with van der Waals surface area (Å²) >= 11 is 0. The van der Waals surface area contributed by atoms with Crippen LogP contribution in [0.3, 0.4) is 0 Å². The number of nitrogens with zero attached hydrogens (tertiary/aromatic N) is 2. The zero-order chi connectivity index (χ0) is 19.5. The fourth-order valence-electron chi connectivity index (χ4n) is 3.06. The van der Waals surface area contributed by atoms with Crippen LogP contribution in [0.4, 0.5) is 0 Å². The Morgan fingerprint density at radius 1 is 1.36 bits per heavy atom. The van der Waals surface area contributed by atoms with E-state index in [0.29, 0.717) is 31.4 Å². The van der Waals surface area contributed by atoms with Gasteiger partial charge in [0, 0.05) is 51.8 Å². The number of nitrogens with one attached hydrogen (secondary N) is 2. The molecule has 1 aliphatic heterocycles. The van der Waals surface area contributed by atoms with E-state index in [2.05, 4.69) is 20.5 Å². The van der Waals surface area contributed by atoms with Crippen molar-refractivity contribution in [2.75, 3.05) is 60.2 Å². The van der Waals surface area contributed by atoms with E-state index in [1.54, 1.807) is 20.2 Å². The number of hydrogen-bond donors (Lipinski definition) is 2. The van der Waals surface area contributed by atoms with Crippen LogP contribution in [0.1, 0.15) is 29.0 Å². The lowest BCUT2D eigenvalue weighted by Crippen LogP contribution is -2.41. The molecule has 0 bridgehead atoms. The quantitative estimate of drug-likeness (QED) is 0.217. The van der Waals surface area contributed by atoms with Gasteiger partial charge in [0.2, 0.25) is 0 Å². The first-order valence-corrected chi connectivity index (χ1v) is 9.50. The first-order chi connectivity index (χ1) is 13.2. The fourth-order valence-corrected chi connectivity index (χ4v) is 3.06. The zero-order valence-electron chi connectivity index (χ0n) is 17.0. The third-order valence-corrected chi connectivity index (χ3v) is 4.57. The summed E-state index contributed by atoms with van der Waals surface area (Å²) in [5.41, 5.74) is 0.848. The van der Waals surface area contributed by atoms with E-state index >= 15 is 0 Å². The molecule has 1 aliphatic rings. The second-order valence-corrected chi connectivity index (χ2v) is 6.68. The Balaban J connectivity index is 0.00000392. The highest BCUT2D eigenvalue weighted by Gasteiger charge is 2.24. The van der Waals surface area contributed by atoms with E-state index < -0.39 is 0 Å². The lowest BCUT2D eigenvalue weighted by molar-refractivity contribution is 0.0536. The van der Waals surface area contributed by atoms with Crippen molar-refractivity contribution < 1.29 is 18.7 Å². The Bertz CT molecular complexity index is 609. The van der Waals surface area contributed by atoms with Gasteiger partial charge in [0.25, 0.3) is 5.91 Å². The highest BCUT2D eigenvalue weighted by molar-refractivity contribution is 14.0. The minimum Gasteiger partial charge on any atom is -0.459 e. The average molecular weight is 508 g/mol. The van der Waals surface area contributed by atoms with Crippen LogP contribution in [-0.4, -0.2) is 76.9 Å². The van der Waals surface area contributed by atoms with Crippen LogP contribution in [-0.2, 0) is 9.47 Å². The first kappa shape index (κ1) is 24.7. The molecular formula is C19H33IN4O4. The first-order valence-electron chi connectivity index (χ1n) is 9.50. The number of methoxy groups -OCH3 is 1. The van der Waals surface area contributed by atoms with Gasteiger partial charge in [-0.05, 0) is 25.8 Å². The molecule has 1 fully saturated rings. The predicted molar refractivity (Wildman–Crippen MR) is 120 cm³/mol. The Hall–Kier alpha value is -1.33. The Morgan fingerprint density at radius 2 is 2.14 bits per heavy atom. The van der Waals surface area contributed by atoms with Crippen LogP contribution >= 0.6 is 24.0 Å². The summed E-state index contributed by atoms with van der Waals surface area (Å²) in [7, 11) is 3.48. The van der Waals surface area contributed by atoms with E-state index in [9.17, 15) is 4.79 Å². The Labute approximate surface area is 184 Å². The number of aliphatic imine (C=N–C) groups is 1. The summed E-state index contributed by atoms with van der Waals surface area (Å²) in [6.07, 6.45) is 3.44. The van der Waals surface area contributed by atoms with Crippen molar-refractivity contribution in [2.24, 2.45) is 10.9 Å². The largest absolute Gasteiger partial charge is 0.459 e. The van der Waals surface area contributed by atoms with Gasteiger partial charge in [-0.3, -0.25) is 9.79 Å². The number of carbonyl (C=O) groups is 1. The average Bonchev–Trinajstić information content (AvgIpc) is 3.31. The molecule has 1 unspecified atom stereocenters. The number of likely N-dealkylation sites (tertiary alicyclic amines) is 1. The molecule has 1 atom stereocenters. The van der Waals surface area contributed by atoms with Crippen molar-refractivity contribution in [3.8, 4) is 0 Å². The fraction of sp³-hybridized carbons (Fsp3) is 0.684. The lowest BCUT2D eigenvalue weighted by atomic mass is 10.1. The number of hydrogen-bond acceptors (Lipinski definition) is 5. The highest BCUT2D eigenvalue weighted by atomic mass is 127. The zero-order valence-corrected chi connectivity index (χ0v) is 19.4. The van der Waals surface area contributed by atoms with Crippen LogP contribution in [0, 0.1) is 12.8 Å². The Kier molecular flexibility index (Phi) is 12.2. The molecule has 0 aromatic carbocycles. The van der Waals surface area contributed by atoms with E-state index in [4.69, 9.17) is 13.9 Å². The maximum Gasteiger partial charge on any atom is 0.287 e. The van der Waals surface area contributed by atoms with Gasteiger partial charge in [0.05, 0.1) is 26.1 Å². The molecule has 0 spiro atoms. The smallest absolute Gasteiger partial charge is 0.287 e. The molecule has 28 heavy (non-hydrogen) atoms. The normalized spacial score (nSPS) is 16.8. The number of carbonyl (C=O) groups excluding carboxylic acids is 1. The summed E-state index contributed by atoms with van der Waals surface area (Å²) < 4.78 is 15.8. The monoisotopic (exact) mass is 508 g/mol. The molecule has 2 heterocycles. The van der Waals surface area contributed by atoms with Crippen molar-refractivity contribution in [1.29, 1.82) is 0 Å². The molecule has 1 aromatic heterocycles. The summed E-state index contributed by atoms with van der Waals surface area (Å²) in [4.78, 5) is 18.6. The number of halogens is 1. The number of aryl methyl sites for hydroxylation is 1. The third-order valence-electron chi connectivity index (χ3n) is 4.57. The van der Waals surface area contributed by atoms with Crippen LogP contribution < -0.4 is 10.6 Å². The molecular weight excluding hydrogens is 475 g/mol. The topological polar surface area (TPSA) is 88.3 Å². The summed E-state index contributed by atoms with van der Waals surface area (Å²) in [5, 5.41) is 6.24. The lowest BCUT2D eigenvalue weighted by Gasteiger charge is -2.21. The van der Waals surface area contributed by atoms with Crippen molar-refractivity contribution in [3.05, 3.63) is 23.7 Å². The minimum atomic E-state index is -0.169. The molecule has 1 aromatic rings. The van der Waals surface area contributed by atoms with Gasteiger partial charge in [0.15, 0.2) is 11.7 Å². The second-order valence-electron chi connectivity index (χ2n) is 6.68. The molecule has 0 radical (unpaired) electrons. The number of furan rings is 1. The number of guanidine groups is 1. The van der Waals surface area contributed by atoms with Crippen molar-refractivity contribution in [2.45, 2.75) is 19.8 Å². The molecule has 2 rings (SSSR count). The number of rotatable bonds is 10. The predicted octanol–water partition coefficient (Wildman–Crippen LogP) is 1.89. The minimum absolute atomic E-state index is 0. The molecule has 9 heteroatoms. The standard InChI is InChI=1S/C19H32N4O4.HI/c1-15-6-10-27-17(15)18(24)21-7-4-8-22-19(20-2)23-9-5-16(13-23)14-26-12-11-25-3;/h6,10,16H,4-5,7-9,11-14H2,1-3H3,(H,20,22)(H,21,24);1H.